The van der Waals surface area contributed by atoms with Gasteiger partial charge in [-0.05, 0) is 38.5 Å². The normalized spacial score (nSPS) is 33.1. The van der Waals surface area contributed by atoms with E-state index in [0.29, 0.717) is 25.7 Å². The van der Waals surface area contributed by atoms with Crippen LogP contribution in [0.4, 0.5) is 0 Å². The van der Waals surface area contributed by atoms with Gasteiger partial charge in [0.1, 0.15) is 0 Å². The minimum absolute atomic E-state index is 0.0458. The summed E-state index contributed by atoms with van der Waals surface area (Å²) in [4.78, 5) is 34.7. The van der Waals surface area contributed by atoms with Crippen molar-refractivity contribution in [1.82, 2.24) is 5.32 Å². The van der Waals surface area contributed by atoms with Crippen molar-refractivity contribution in [2.24, 2.45) is 23.5 Å². The summed E-state index contributed by atoms with van der Waals surface area (Å²) >= 11 is 0. The number of carboxylic acid groups (broad SMARTS) is 1. The number of nitrogens with one attached hydrogen (secondary N) is 1. The standard InChI is InChI=1S/C15H24N2O4/c16-13(18)9-5-7-10(8-6-9)17-14(19)11-3-1-2-4-12(11)15(20)21/h9-12H,1-8H2,(H2,16,18)(H,17,19)(H,20,21). The van der Waals surface area contributed by atoms with Crippen LogP contribution in [0.25, 0.3) is 0 Å². The summed E-state index contributed by atoms with van der Waals surface area (Å²) in [7, 11) is 0. The predicted octanol–water partition coefficient (Wildman–Crippen LogP) is 1.04. The third kappa shape index (κ3) is 3.95. The molecule has 0 saturated heterocycles. The number of carbonyl (C=O) groups excluding carboxylic acids is 2. The maximum atomic E-state index is 12.3. The monoisotopic (exact) mass is 296 g/mol. The lowest BCUT2D eigenvalue weighted by Gasteiger charge is -2.32. The molecule has 118 valence electrons. The Kier molecular flexibility index (Phi) is 5.20. The summed E-state index contributed by atoms with van der Waals surface area (Å²) in [5, 5.41) is 12.2. The average Bonchev–Trinajstić information content (AvgIpc) is 2.47. The second kappa shape index (κ2) is 6.91. The zero-order valence-corrected chi connectivity index (χ0v) is 12.2. The van der Waals surface area contributed by atoms with Gasteiger partial charge in [0.2, 0.25) is 11.8 Å². The highest BCUT2D eigenvalue weighted by Crippen LogP contribution is 2.31. The number of hydrogen-bond donors (Lipinski definition) is 3. The molecule has 6 nitrogen and oxygen atoms in total. The van der Waals surface area contributed by atoms with Crippen LogP contribution in [0.2, 0.25) is 0 Å². The van der Waals surface area contributed by atoms with Gasteiger partial charge in [-0.2, -0.15) is 0 Å². The molecular weight excluding hydrogens is 272 g/mol. The van der Waals surface area contributed by atoms with Crippen molar-refractivity contribution in [2.45, 2.75) is 57.4 Å². The Labute approximate surface area is 124 Å². The highest BCUT2D eigenvalue weighted by atomic mass is 16.4. The fraction of sp³-hybridized carbons (Fsp3) is 0.800. The number of hydrogen-bond acceptors (Lipinski definition) is 3. The fourth-order valence-corrected chi connectivity index (χ4v) is 3.57. The molecule has 2 aliphatic rings. The molecule has 0 radical (unpaired) electrons. The van der Waals surface area contributed by atoms with Gasteiger partial charge in [0.05, 0.1) is 11.8 Å². The molecular formula is C15H24N2O4. The van der Waals surface area contributed by atoms with Crippen LogP contribution in [0.5, 0.6) is 0 Å². The molecule has 21 heavy (non-hydrogen) atoms. The lowest BCUT2D eigenvalue weighted by molar-refractivity contribution is -0.149. The van der Waals surface area contributed by atoms with Crippen LogP contribution >= 0.6 is 0 Å². The van der Waals surface area contributed by atoms with Crippen molar-refractivity contribution in [2.75, 3.05) is 0 Å². The van der Waals surface area contributed by atoms with E-state index in [9.17, 15) is 19.5 Å². The Balaban J connectivity index is 1.86. The summed E-state index contributed by atoms with van der Waals surface area (Å²) in [6.45, 7) is 0. The highest BCUT2D eigenvalue weighted by Gasteiger charge is 2.36. The quantitative estimate of drug-likeness (QED) is 0.720. The van der Waals surface area contributed by atoms with Gasteiger partial charge in [0, 0.05) is 12.0 Å². The van der Waals surface area contributed by atoms with Gasteiger partial charge in [0.25, 0.3) is 0 Å². The summed E-state index contributed by atoms with van der Waals surface area (Å²) in [6.07, 6.45) is 5.91. The number of aliphatic carboxylic acids is 1. The molecule has 4 N–H and O–H groups in total. The van der Waals surface area contributed by atoms with E-state index < -0.39 is 17.8 Å². The SMILES string of the molecule is NC(=O)C1CCC(NC(=O)C2CCCCC2C(=O)O)CC1. The van der Waals surface area contributed by atoms with E-state index in [2.05, 4.69) is 5.32 Å². The molecule has 2 saturated carbocycles. The van der Waals surface area contributed by atoms with Crippen molar-refractivity contribution < 1.29 is 19.5 Å². The van der Waals surface area contributed by atoms with Crippen molar-refractivity contribution in [1.29, 1.82) is 0 Å². The van der Waals surface area contributed by atoms with Crippen LogP contribution in [0.3, 0.4) is 0 Å². The van der Waals surface area contributed by atoms with Crippen LogP contribution in [0.15, 0.2) is 0 Å². The van der Waals surface area contributed by atoms with Crippen molar-refractivity contribution in [3.63, 3.8) is 0 Å². The molecule has 2 amide bonds. The van der Waals surface area contributed by atoms with Crippen molar-refractivity contribution in [3.05, 3.63) is 0 Å². The fourth-order valence-electron chi connectivity index (χ4n) is 3.57. The van der Waals surface area contributed by atoms with Gasteiger partial charge in [-0.15, -0.1) is 0 Å². The number of rotatable bonds is 4. The van der Waals surface area contributed by atoms with E-state index in [0.717, 1.165) is 25.7 Å². The second-order valence-electron chi connectivity index (χ2n) is 6.30. The molecule has 2 rings (SSSR count). The third-order valence-electron chi connectivity index (χ3n) is 4.90. The third-order valence-corrected chi connectivity index (χ3v) is 4.90. The molecule has 0 aromatic heterocycles. The van der Waals surface area contributed by atoms with Crippen molar-refractivity contribution in [3.8, 4) is 0 Å². The number of amides is 2. The van der Waals surface area contributed by atoms with Crippen LogP contribution in [-0.2, 0) is 14.4 Å². The topological polar surface area (TPSA) is 109 Å². The molecule has 0 aliphatic heterocycles. The molecule has 2 atom stereocenters. The first kappa shape index (κ1) is 15.8. The Bertz CT molecular complexity index is 416. The number of nitrogens with two attached hydrogens (primary N) is 1. The van der Waals surface area contributed by atoms with Crippen molar-refractivity contribution >= 4 is 17.8 Å². The van der Waals surface area contributed by atoms with E-state index in [4.69, 9.17) is 5.73 Å². The molecule has 0 heterocycles. The molecule has 0 aromatic carbocycles. The van der Waals surface area contributed by atoms with Gasteiger partial charge < -0.3 is 16.2 Å². The first-order chi connectivity index (χ1) is 9.99. The molecule has 2 fully saturated rings. The second-order valence-corrected chi connectivity index (χ2v) is 6.30. The van der Waals surface area contributed by atoms with Gasteiger partial charge >= 0.3 is 5.97 Å². The van der Waals surface area contributed by atoms with Gasteiger partial charge in [0.15, 0.2) is 0 Å². The molecule has 6 heteroatoms. The lowest BCUT2D eigenvalue weighted by atomic mass is 9.78. The minimum atomic E-state index is -0.868. The summed E-state index contributed by atoms with van der Waals surface area (Å²) in [5.41, 5.74) is 5.29. The number of carboxylic acids is 1. The number of primary amides is 1. The Morgan fingerprint density at radius 2 is 1.48 bits per heavy atom. The zero-order valence-electron chi connectivity index (χ0n) is 12.2. The first-order valence-electron chi connectivity index (χ1n) is 7.81. The van der Waals surface area contributed by atoms with Gasteiger partial charge in [-0.25, -0.2) is 0 Å². The van der Waals surface area contributed by atoms with Gasteiger partial charge in [-0.3, -0.25) is 14.4 Å². The van der Waals surface area contributed by atoms with E-state index in [1.54, 1.807) is 0 Å². The smallest absolute Gasteiger partial charge is 0.307 e. The van der Waals surface area contributed by atoms with E-state index in [-0.39, 0.29) is 23.8 Å². The lowest BCUT2D eigenvalue weighted by Crippen LogP contribution is -2.45. The molecule has 2 aliphatic carbocycles. The first-order valence-corrected chi connectivity index (χ1v) is 7.81. The molecule has 0 spiro atoms. The summed E-state index contributed by atoms with van der Waals surface area (Å²) in [6, 6.07) is 0.0458. The zero-order chi connectivity index (χ0) is 15.4. The molecule has 2 unspecified atom stereocenters. The largest absolute Gasteiger partial charge is 0.481 e. The van der Waals surface area contributed by atoms with E-state index in [1.165, 1.54) is 0 Å². The van der Waals surface area contributed by atoms with Gasteiger partial charge in [-0.1, -0.05) is 12.8 Å². The summed E-state index contributed by atoms with van der Waals surface area (Å²) < 4.78 is 0. The van der Waals surface area contributed by atoms with E-state index in [1.807, 2.05) is 0 Å². The van der Waals surface area contributed by atoms with E-state index >= 15 is 0 Å². The molecule has 0 bridgehead atoms. The average molecular weight is 296 g/mol. The van der Waals surface area contributed by atoms with Crippen LogP contribution in [0, 0.1) is 17.8 Å². The Morgan fingerprint density at radius 3 is 2.00 bits per heavy atom. The maximum Gasteiger partial charge on any atom is 0.307 e. The Morgan fingerprint density at radius 1 is 0.905 bits per heavy atom. The number of carbonyl (C=O) groups is 3. The summed E-state index contributed by atoms with van der Waals surface area (Å²) in [5.74, 6) is -2.32. The maximum absolute atomic E-state index is 12.3. The van der Waals surface area contributed by atoms with Crippen LogP contribution in [-0.4, -0.2) is 28.9 Å². The molecule has 0 aromatic rings. The van der Waals surface area contributed by atoms with Crippen LogP contribution in [0.1, 0.15) is 51.4 Å². The highest BCUT2D eigenvalue weighted by molar-refractivity contribution is 5.85. The predicted molar refractivity (Wildman–Crippen MR) is 76.2 cm³/mol. The minimum Gasteiger partial charge on any atom is -0.481 e. The van der Waals surface area contributed by atoms with Crippen LogP contribution < -0.4 is 11.1 Å². The Hall–Kier alpha value is -1.59.